The summed E-state index contributed by atoms with van der Waals surface area (Å²) in [7, 11) is 8.19. The molecule has 0 amide bonds. The number of phenolic OH excluding ortho intramolecular Hbond substituents is 3. The number of ether oxygens (including phenoxy) is 5. The average molecular weight is 2360 g/mol. The van der Waals surface area contributed by atoms with Crippen LogP contribution in [0, 0.1) is 57.8 Å². The Labute approximate surface area is 868 Å². The van der Waals surface area contributed by atoms with Crippen LogP contribution < -0.4 is 38.6 Å². The number of aryl methyl sites for hydroxylation is 6. The fraction of sp³-hybridized carbons (Fsp3) is 0.246. The Morgan fingerprint density at radius 2 is 0.547 bits per heavy atom. The van der Waals surface area contributed by atoms with E-state index in [0.717, 1.165) is 151 Å². The summed E-state index contributed by atoms with van der Waals surface area (Å²) < 4.78 is 48.3. The molecule has 3 heterocycles. The monoisotopic (exact) mass is 2360 g/mol. The van der Waals surface area contributed by atoms with E-state index < -0.39 is 53.8 Å². The van der Waals surface area contributed by atoms with Crippen molar-refractivity contribution in [2.45, 2.75) is 143 Å². The van der Waals surface area contributed by atoms with Crippen molar-refractivity contribution in [3.05, 3.63) is 363 Å². The van der Waals surface area contributed by atoms with E-state index in [0.29, 0.717) is 37.7 Å². The van der Waals surface area contributed by atoms with Crippen LogP contribution in [-0.4, -0.2) is 64.1 Å². The van der Waals surface area contributed by atoms with Crippen molar-refractivity contribution >= 4 is 98.2 Å². The molecule has 16 aromatic rings. The number of para-hydroxylation sites is 6. The number of hydrogen-bond acceptors (Lipinski definition) is 11. The summed E-state index contributed by atoms with van der Waals surface area (Å²) in [5, 5.41) is 38.7. The fourth-order valence-corrected chi connectivity index (χ4v) is 22.2. The molecule has 0 atom stereocenters. The molecule has 139 heavy (non-hydrogen) atoms. The van der Waals surface area contributed by atoms with Crippen LogP contribution in [0.1, 0.15) is 147 Å². The van der Waals surface area contributed by atoms with Crippen molar-refractivity contribution in [2.75, 3.05) is 35.5 Å². The number of phenols is 3. The molecule has 14 nitrogen and oxygen atoms in total. The Kier molecular flexibility index (Phi) is 45.4. The number of hydrogen-bond donors (Lipinski definition) is 3. The third-order valence-corrected chi connectivity index (χ3v) is 32.4. The van der Waals surface area contributed by atoms with Crippen molar-refractivity contribution < 1.29 is 92.8 Å². The maximum Gasteiger partial charge on any atom is 0.131 e. The smallest absolute Gasteiger partial charge is 0.131 e. The quantitative estimate of drug-likeness (QED) is 0.0829. The average Bonchev–Trinajstić information content (AvgIpc) is 1.27. The van der Waals surface area contributed by atoms with Crippen LogP contribution in [-0.2, 0) is 53.8 Å². The van der Waals surface area contributed by atoms with Gasteiger partial charge in [0.05, 0.1) is 35.5 Å². The molecular weight excluding hydrogens is 2230 g/mol. The third-order valence-electron chi connectivity index (χ3n) is 20.5. The molecule has 728 valence electrons. The SMILES string of the molecule is CC(C)(C)[CH]=[W]=[N]c1c(Cl)cccc1Cl.CC(C)(C)[CH]=[W]=[N]c1c(Cl)cccc1Cl.CC(C)c1cccc(C(C)C)c1[N]=[Mo]=[CH]C(C)(C)C.COc1cccc2cccc(-c3cccc4cccc(O)c34)c12.COc1ccccc1-c1cccc(-c2ccccc2OC)c1O.COc1ccccc1-c1cccc(-c2ccccc2OC)c1O.Cc1ccc(C)[n-]1.Cc1ccc(C)[n-]1.Cc1ccc(C)[n-]1. The van der Waals surface area contributed by atoms with E-state index in [1.807, 2.05) is 296 Å². The largest absolute Gasteiger partial charge is 0.665 e. The van der Waals surface area contributed by atoms with Gasteiger partial charge in [-0.2, -0.15) is 34.2 Å². The maximum atomic E-state index is 10.8. The maximum absolute atomic E-state index is 10.8. The minimum Gasteiger partial charge on any atom is -0.665 e. The number of methoxy groups -OCH3 is 5. The van der Waals surface area contributed by atoms with Gasteiger partial charge in [0.15, 0.2) is 0 Å². The summed E-state index contributed by atoms with van der Waals surface area (Å²) in [5.74, 6) is 5.53. The van der Waals surface area contributed by atoms with Crippen LogP contribution in [0.5, 0.6) is 46.0 Å². The zero-order valence-electron chi connectivity index (χ0n) is 84.0. The fourth-order valence-electron chi connectivity index (χ4n) is 13.9. The molecule has 3 aromatic heterocycles. The minimum absolute atomic E-state index is 0.210. The Hall–Kier alpha value is -11.1. The normalized spacial score (nSPS) is 10.7. The molecule has 0 saturated carbocycles. The summed E-state index contributed by atoms with van der Waals surface area (Å²) in [6, 6.07) is 95.5. The van der Waals surface area contributed by atoms with Gasteiger partial charge in [-0.3, -0.25) is 0 Å². The van der Waals surface area contributed by atoms with Crippen molar-refractivity contribution in [2.24, 2.45) is 26.7 Å². The Balaban J connectivity index is 0.000000197. The first-order chi connectivity index (χ1) is 66.2. The number of fused-ring (bicyclic) bond motifs is 2. The summed E-state index contributed by atoms with van der Waals surface area (Å²) >= 11 is 21.9. The number of halogens is 4. The zero-order chi connectivity index (χ0) is 102. The van der Waals surface area contributed by atoms with Crippen molar-refractivity contribution in [3.63, 3.8) is 0 Å². The molecule has 3 N–H and O–H groups in total. The molecule has 0 fully saturated rings. The second-order valence-corrected chi connectivity index (χ2v) is 43.9. The Morgan fingerprint density at radius 1 is 0.295 bits per heavy atom. The first kappa shape index (κ1) is 113. The van der Waals surface area contributed by atoms with E-state index in [1.165, 1.54) is 16.8 Å². The molecule has 0 bridgehead atoms. The predicted octanol–water partition coefficient (Wildman–Crippen LogP) is 33.8. The number of nitrogens with zero attached hydrogens (tertiary/aromatic N) is 6. The van der Waals surface area contributed by atoms with Crippen LogP contribution in [0.15, 0.2) is 308 Å². The van der Waals surface area contributed by atoms with Crippen molar-refractivity contribution in [1.82, 2.24) is 15.0 Å². The molecule has 0 radical (unpaired) electrons. The van der Waals surface area contributed by atoms with E-state index in [-0.39, 0.29) is 27.7 Å². The van der Waals surface area contributed by atoms with Gasteiger partial charge in [-0.1, -0.05) is 248 Å². The standard InChI is InChI=1S/C21H16O2.2C20H18O3.C12H17N.2C6H3Cl2N.3C6H8N.3C5H10.Mo.2W/c1-23-19-13-5-9-15-7-3-11-17(21(15)19)16-10-2-6-14-8-4-12-18(22)20(14)16;2*1-22-18-12-5-3-8-14(18)16-10-7-11-17(20(16)21)15-9-4-6-13-19(15)23-2;1-8(2)10-6-5-7-11(9(3)4)12(10)13;2*7-4-2-1-3-5(8)6(4)9;3*1-5-3-4-6(2)7-5;3*1-5(2,3)4;;;/h2-13,22H,1H3;2*3-13,21H,1-2H3;5-9H,1-4H3;2*1-3H;3*3-4H,1-2H3;3*1H,2-4H3;;;/q;;;;;;3*-1;;;;;;. The summed E-state index contributed by atoms with van der Waals surface area (Å²) in [6.07, 6.45) is 0. The zero-order valence-corrected chi connectivity index (χ0v) is 94.9. The molecule has 13 aromatic carbocycles. The number of benzene rings is 13. The van der Waals surface area contributed by atoms with Crippen LogP contribution >= 0.6 is 46.4 Å². The second-order valence-electron chi connectivity index (χ2n) is 36.2. The van der Waals surface area contributed by atoms with Gasteiger partial charge in [0.1, 0.15) is 46.0 Å². The van der Waals surface area contributed by atoms with Gasteiger partial charge in [-0.15, -0.1) is 0 Å². The summed E-state index contributed by atoms with van der Waals surface area (Å²) in [6.45, 7) is 40.8. The van der Waals surface area contributed by atoms with E-state index in [9.17, 15) is 15.3 Å². The number of rotatable bonds is 15. The molecule has 0 aliphatic heterocycles. The molecule has 16 rings (SSSR count). The first-order valence-corrected chi connectivity index (χ1v) is 55.1. The Morgan fingerprint density at radius 3 is 0.835 bits per heavy atom. The van der Waals surface area contributed by atoms with Crippen LogP contribution in [0.25, 0.3) is 77.2 Å². The molecular formula is C118H129Cl4MoN6O8W2-3. The van der Waals surface area contributed by atoms with E-state index in [1.54, 1.807) is 41.6 Å². The van der Waals surface area contributed by atoms with Gasteiger partial charge in [0, 0.05) is 55.3 Å². The van der Waals surface area contributed by atoms with E-state index in [4.69, 9.17) is 73.6 Å². The predicted molar refractivity (Wildman–Crippen MR) is 577 cm³/mol. The molecule has 0 aliphatic carbocycles. The van der Waals surface area contributed by atoms with Gasteiger partial charge >= 0.3 is 345 Å². The first-order valence-electron chi connectivity index (χ1n) is 45.5. The molecule has 0 aliphatic rings. The number of aromatic hydroxyl groups is 3. The molecule has 0 saturated heterocycles. The Bertz CT molecular complexity index is 6350. The van der Waals surface area contributed by atoms with Crippen LogP contribution in [0.4, 0.5) is 17.1 Å². The van der Waals surface area contributed by atoms with Gasteiger partial charge in [0.2, 0.25) is 0 Å². The summed E-state index contributed by atoms with van der Waals surface area (Å²) in [5.41, 5.74) is 21.4. The minimum atomic E-state index is -0.850. The topological polar surface area (TPSA) is 186 Å². The molecule has 21 heteroatoms. The van der Waals surface area contributed by atoms with Gasteiger partial charge in [-0.05, 0) is 58.3 Å². The van der Waals surface area contributed by atoms with Crippen molar-refractivity contribution in [3.8, 4) is 102 Å². The van der Waals surface area contributed by atoms with Crippen LogP contribution in [0.2, 0.25) is 20.1 Å². The van der Waals surface area contributed by atoms with Gasteiger partial charge in [0.25, 0.3) is 0 Å². The summed E-state index contributed by atoms with van der Waals surface area (Å²) in [4.78, 5) is 12.3. The van der Waals surface area contributed by atoms with E-state index in [2.05, 4.69) is 162 Å². The molecule has 0 unspecified atom stereocenters. The van der Waals surface area contributed by atoms with Crippen molar-refractivity contribution in [1.29, 1.82) is 0 Å². The van der Waals surface area contributed by atoms with Crippen LogP contribution in [0.3, 0.4) is 0 Å². The molecule has 0 spiro atoms. The van der Waals surface area contributed by atoms with Gasteiger partial charge in [-0.25, -0.2) is 0 Å². The van der Waals surface area contributed by atoms with Gasteiger partial charge < -0.3 is 54.0 Å². The van der Waals surface area contributed by atoms with E-state index >= 15 is 0 Å². The second kappa shape index (κ2) is 55.7. The third kappa shape index (κ3) is 35.2. The number of aromatic nitrogens is 3.